The Bertz CT molecular complexity index is 1010. The van der Waals surface area contributed by atoms with Crippen molar-refractivity contribution in [3.63, 3.8) is 0 Å². The molecule has 1 heterocycles. The summed E-state index contributed by atoms with van der Waals surface area (Å²) in [4.78, 5) is 29.7. The third kappa shape index (κ3) is 4.39. The lowest BCUT2D eigenvalue weighted by Crippen LogP contribution is -2.25. The number of anilines is 1. The van der Waals surface area contributed by atoms with Crippen LogP contribution in [0.2, 0.25) is 0 Å². The van der Waals surface area contributed by atoms with Crippen molar-refractivity contribution in [2.24, 2.45) is 0 Å². The molecule has 5 nitrogen and oxygen atoms in total. The van der Waals surface area contributed by atoms with Gasteiger partial charge in [-0.25, -0.2) is 4.98 Å². The molecule has 0 radical (unpaired) electrons. The van der Waals surface area contributed by atoms with Crippen molar-refractivity contribution in [3.8, 4) is 0 Å². The lowest BCUT2D eigenvalue weighted by Gasteiger charge is -2.16. The monoisotopic (exact) mass is 381 g/mol. The summed E-state index contributed by atoms with van der Waals surface area (Å²) in [6.07, 6.45) is 0.963. The fourth-order valence-corrected chi connectivity index (χ4v) is 3.76. The second-order valence-electron chi connectivity index (χ2n) is 6.57. The van der Waals surface area contributed by atoms with Gasteiger partial charge in [-0.1, -0.05) is 43.0 Å². The van der Waals surface area contributed by atoms with Gasteiger partial charge in [0.2, 0.25) is 5.91 Å². The first-order chi connectivity index (χ1) is 13.0. The minimum absolute atomic E-state index is 0.0400. The quantitative estimate of drug-likeness (QED) is 0.512. The average molecular weight is 382 g/mol. The molecular weight excluding hydrogens is 358 g/mol. The molecule has 0 saturated heterocycles. The van der Waals surface area contributed by atoms with Crippen LogP contribution in [0.1, 0.15) is 32.4 Å². The highest BCUT2D eigenvalue weighted by molar-refractivity contribution is 7.99. The van der Waals surface area contributed by atoms with Gasteiger partial charge >= 0.3 is 0 Å². The molecule has 1 aromatic heterocycles. The van der Waals surface area contributed by atoms with Gasteiger partial charge in [0.05, 0.1) is 16.7 Å². The van der Waals surface area contributed by atoms with E-state index in [1.807, 2.05) is 56.3 Å². The molecule has 2 aromatic carbocycles. The van der Waals surface area contributed by atoms with Crippen LogP contribution in [0.4, 0.5) is 5.69 Å². The summed E-state index contributed by atoms with van der Waals surface area (Å²) in [6.45, 7) is 5.98. The van der Waals surface area contributed by atoms with Gasteiger partial charge in [0.1, 0.15) is 0 Å². The second kappa shape index (κ2) is 8.39. The number of carbonyl (C=O) groups is 1. The van der Waals surface area contributed by atoms with Crippen LogP contribution in [0.5, 0.6) is 0 Å². The maximum Gasteiger partial charge on any atom is 0.262 e. The van der Waals surface area contributed by atoms with Gasteiger partial charge in [-0.15, -0.1) is 0 Å². The minimum Gasteiger partial charge on any atom is -0.325 e. The highest BCUT2D eigenvalue weighted by atomic mass is 32.2. The number of thioether (sulfide) groups is 1. The van der Waals surface area contributed by atoms with Crippen LogP contribution in [0.25, 0.3) is 10.9 Å². The predicted molar refractivity (Wildman–Crippen MR) is 112 cm³/mol. The summed E-state index contributed by atoms with van der Waals surface area (Å²) in [6, 6.07) is 15.1. The van der Waals surface area contributed by atoms with Crippen LogP contribution in [-0.4, -0.2) is 21.2 Å². The number of para-hydroxylation sites is 1. The molecule has 27 heavy (non-hydrogen) atoms. The van der Waals surface area contributed by atoms with Crippen LogP contribution in [0, 0.1) is 0 Å². The molecule has 0 bridgehead atoms. The van der Waals surface area contributed by atoms with E-state index in [1.165, 1.54) is 17.3 Å². The zero-order valence-electron chi connectivity index (χ0n) is 15.7. The normalized spacial score (nSPS) is 11.1. The van der Waals surface area contributed by atoms with Gasteiger partial charge in [0, 0.05) is 11.7 Å². The van der Waals surface area contributed by atoms with Crippen molar-refractivity contribution < 1.29 is 4.79 Å². The van der Waals surface area contributed by atoms with E-state index in [9.17, 15) is 9.59 Å². The van der Waals surface area contributed by atoms with Crippen molar-refractivity contribution in [2.75, 3.05) is 11.1 Å². The van der Waals surface area contributed by atoms with E-state index in [1.54, 1.807) is 10.6 Å². The zero-order valence-corrected chi connectivity index (χ0v) is 16.5. The van der Waals surface area contributed by atoms with Gasteiger partial charge in [0.25, 0.3) is 5.56 Å². The van der Waals surface area contributed by atoms with E-state index in [-0.39, 0.29) is 23.3 Å². The van der Waals surface area contributed by atoms with Crippen LogP contribution < -0.4 is 10.9 Å². The highest BCUT2D eigenvalue weighted by Gasteiger charge is 2.15. The number of carbonyl (C=O) groups excluding carboxylic acids is 1. The van der Waals surface area contributed by atoms with Crippen molar-refractivity contribution in [3.05, 3.63) is 64.4 Å². The predicted octanol–water partition coefficient (Wildman–Crippen LogP) is 4.27. The number of amides is 1. The number of aryl methyl sites for hydroxylation is 1. The molecule has 3 aromatic rings. The van der Waals surface area contributed by atoms with Crippen LogP contribution >= 0.6 is 11.8 Å². The van der Waals surface area contributed by atoms with Crippen LogP contribution in [-0.2, 0) is 11.2 Å². The van der Waals surface area contributed by atoms with E-state index in [2.05, 4.69) is 17.2 Å². The van der Waals surface area contributed by atoms with E-state index in [4.69, 9.17) is 0 Å². The maximum absolute atomic E-state index is 12.8. The molecule has 0 saturated carbocycles. The third-order valence-corrected chi connectivity index (χ3v) is 5.22. The molecule has 0 fully saturated rings. The summed E-state index contributed by atoms with van der Waals surface area (Å²) in [7, 11) is 0. The van der Waals surface area contributed by atoms with E-state index >= 15 is 0 Å². The molecule has 6 heteroatoms. The van der Waals surface area contributed by atoms with Crippen molar-refractivity contribution in [2.45, 2.75) is 38.4 Å². The Hall–Kier alpha value is -2.60. The largest absolute Gasteiger partial charge is 0.325 e. The fraction of sp³-hybridized carbons (Fsp3) is 0.286. The van der Waals surface area contributed by atoms with Gasteiger partial charge in [-0.05, 0) is 50.1 Å². The van der Waals surface area contributed by atoms with Crippen LogP contribution in [0.15, 0.2) is 58.5 Å². The summed E-state index contributed by atoms with van der Waals surface area (Å²) in [5.74, 6) is 0.0643. The maximum atomic E-state index is 12.8. The first kappa shape index (κ1) is 19.2. The molecule has 3 rings (SSSR count). The number of hydrogen-bond acceptors (Lipinski definition) is 4. The van der Waals surface area contributed by atoms with Crippen molar-refractivity contribution in [1.82, 2.24) is 9.55 Å². The number of rotatable bonds is 6. The van der Waals surface area contributed by atoms with E-state index in [0.717, 1.165) is 12.1 Å². The Morgan fingerprint density at radius 3 is 2.52 bits per heavy atom. The number of hydrogen-bond donors (Lipinski definition) is 1. The SMILES string of the molecule is CCc1ccc(NC(=O)CSc2nc3ccccc3c(=O)n2C(C)C)cc1. The summed E-state index contributed by atoms with van der Waals surface area (Å²) < 4.78 is 1.65. The Morgan fingerprint density at radius 2 is 1.85 bits per heavy atom. The number of fused-ring (bicyclic) bond motifs is 1. The van der Waals surface area contributed by atoms with Gasteiger partial charge in [-0.2, -0.15) is 0 Å². The zero-order chi connectivity index (χ0) is 19.4. The molecule has 0 aliphatic rings. The standard InChI is InChI=1S/C21H23N3O2S/c1-4-15-9-11-16(12-10-15)22-19(25)13-27-21-23-18-8-6-5-7-17(18)20(26)24(21)14(2)3/h5-12,14H,4,13H2,1-3H3,(H,22,25). The molecule has 1 N–H and O–H groups in total. The molecule has 0 unspecified atom stereocenters. The van der Waals surface area contributed by atoms with E-state index < -0.39 is 0 Å². The minimum atomic E-state index is -0.123. The molecule has 140 valence electrons. The highest BCUT2D eigenvalue weighted by Crippen LogP contribution is 2.21. The molecular formula is C21H23N3O2S. The molecule has 0 aliphatic carbocycles. The number of benzene rings is 2. The Morgan fingerprint density at radius 1 is 1.15 bits per heavy atom. The second-order valence-corrected chi connectivity index (χ2v) is 7.51. The van der Waals surface area contributed by atoms with Gasteiger partial charge < -0.3 is 5.32 Å². The third-order valence-electron chi connectivity index (χ3n) is 4.27. The van der Waals surface area contributed by atoms with Gasteiger partial charge in [0.15, 0.2) is 5.16 Å². The molecule has 0 aliphatic heterocycles. The lowest BCUT2D eigenvalue weighted by molar-refractivity contribution is -0.113. The van der Waals surface area contributed by atoms with Crippen molar-refractivity contribution >= 4 is 34.3 Å². The topological polar surface area (TPSA) is 64.0 Å². The first-order valence-electron chi connectivity index (χ1n) is 9.02. The Labute approximate surface area is 162 Å². The number of nitrogens with one attached hydrogen (secondary N) is 1. The molecule has 0 spiro atoms. The average Bonchev–Trinajstić information content (AvgIpc) is 2.66. The fourth-order valence-electron chi connectivity index (χ4n) is 2.83. The first-order valence-corrected chi connectivity index (χ1v) is 10.0. The number of aromatic nitrogens is 2. The molecule has 0 atom stereocenters. The summed E-state index contributed by atoms with van der Waals surface area (Å²) in [5.41, 5.74) is 2.57. The molecule has 1 amide bonds. The Balaban J connectivity index is 1.78. The number of nitrogens with zero attached hydrogens (tertiary/aromatic N) is 2. The summed E-state index contributed by atoms with van der Waals surface area (Å²) in [5, 5.41) is 4.04. The van der Waals surface area contributed by atoms with Gasteiger partial charge in [-0.3, -0.25) is 14.2 Å². The smallest absolute Gasteiger partial charge is 0.262 e. The van der Waals surface area contributed by atoms with Crippen LogP contribution in [0.3, 0.4) is 0 Å². The summed E-state index contributed by atoms with van der Waals surface area (Å²) >= 11 is 1.28. The van der Waals surface area contributed by atoms with E-state index in [0.29, 0.717) is 16.1 Å². The van der Waals surface area contributed by atoms with Crippen molar-refractivity contribution in [1.29, 1.82) is 0 Å². The Kier molecular flexibility index (Phi) is 5.96. The lowest BCUT2D eigenvalue weighted by atomic mass is 10.1.